The predicted octanol–water partition coefficient (Wildman–Crippen LogP) is 4.58. The van der Waals surface area contributed by atoms with Crippen LogP contribution in [0.25, 0.3) is 0 Å². The second kappa shape index (κ2) is 6.40. The van der Waals surface area contributed by atoms with E-state index in [2.05, 4.69) is 5.32 Å². The van der Waals surface area contributed by atoms with E-state index in [4.69, 9.17) is 16.3 Å². The third-order valence-corrected chi connectivity index (χ3v) is 4.35. The lowest BCUT2D eigenvalue weighted by molar-refractivity contribution is -0.143. The van der Waals surface area contributed by atoms with E-state index >= 15 is 0 Å². The van der Waals surface area contributed by atoms with Crippen molar-refractivity contribution in [3.8, 4) is 0 Å². The molecule has 5 nitrogen and oxygen atoms in total. The Morgan fingerprint density at radius 3 is 2.39 bits per heavy atom. The van der Waals surface area contributed by atoms with Gasteiger partial charge in [0, 0.05) is 0 Å². The Kier molecular flexibility index (Phi) is 4.90. The van der Waals surface area contributed by atoms with Crippen LogP contribution in [0.5, 0.6) is 0 Å². The minimum absolute atomic E-state index is 0.346. The van der Waals surface area contributed by atoms with Crippen molar-refractivity contribution in [1.29, 1.82) is 0 Å². The minimum atomic E-state index is -0.894. The molecule has 0 aromatic heterocycles. The molecule has 1 aliphatic carbocycles. The van der Waals surface area contributed by atoms with E-state index in [0.29, 0.717) is 29.1 Å². The van der Waals surface area contributed by atoms with Gasteiger partial charge in [-0.15, -0.1) is 0 Å². The van der Waals surface area contributed by atoms with Crippen molar-refractivity contribution in [2.45, 2.75) is 57.5 Å². The minimum Gasteiger partial charge on any atom is -0.481 e. The number of halogens is 1. The number of carboxylic acids is 1. The molecule has 1 aromatic rings. The summed E-state index contributed by atoms with van der Waals surface area (Å²) in [6.07, 6.45) is 2.33. The number of amides is 1. The smallest absolute Gasteiger partial charge is 0.412 e. The molecule has 0 atom stereocenters. The fourth-order valence-electron chi connectivity index (χ4n) is 2.94. The molecule has 6 heteroatoms. The van der Waals surface area contributed by atoms with Gasteiger partial charge in [0.15, 0.2) is 0 Å². The third kappa shape index (κ3) is 3.96. The van der Waals surface area contributed by atoms with Crippen LogP contribution >= 0.6 is 11.6 Å². The highest BCUT2D eigenvalue weighted by molar-refractivity contribution is 6.33. The summed E-state index contributed by atoms with van der Waals surface area (Å²) >= 11 is 6.13. The first-order valence-electron chi connectivity index (χ1n) is 7.67. The van der Waals surface area contributed by atoms with E-state index in [1.165, 1.54) is 0 Å². The SMILES string of the molecule is CC(C)(C)OC(=O)Nc1cc(C2(C(=O)O)CCCC2)ccc1Cl. The molecule has 1 saturated carbocycles. The number of carbonyl (C=O) groups excluding carboxylic acids is 1. The molecule has 2 N–H and O–H groups in total. The molecule has 1 fully saturated rings. The van der Waals surface area contributed by atoms with Gasteiger partial charge in [-0.25, -0.2) is 4.79 Å². The molecule has 0 saturated heterocycles. The van der Waals surface area contributed by atoms with Crippen molar-refractivity contribution in [1.82, 2.24) is 0 Å². The van der Waals surface area contributed by atoms with E-state index in [0.717, 1.165) is 12.8 Å². The topological polar surface area (TPSA) is 75.6 Å². The Morgan fingerprint density at radius 2 is 1.87 bits per heavy atom. The molecule has 0 unspecified atom stereocenters. The van der Waals surface area contributed by atoms with Gasteiger partial charge in [-0.1, -0.05) is 30.5 Å². The number of hydrogen-bond donors (Lipinski definition) is 2. The fraction of sp³-hybridized carbons (Fsp3) is 0.529. The van der Waals surface area contributed by atoms with Crippen LogP contribution in [-0.4, -0.2) is 22.8 Å². The predicted molar refractivity (Wildman–Crippen MR) is 89.1 cm³/mol. The quantitative estimate of drug-likeness (QED) is 0.844. The van der Waals surface area contributed by atoms with Crippen LogP contribution < -0.4 is 5.32 Å². The van der Waals surface area contributed by atoms with Crippen molar-refractivity contribution in [2.24, 2.45) is 0 Å². The largest absolute Gasteiger partial charge is 0.481 e. The Hall–Kier alpha value is -1.75. The lowest BCUT2D eigenvalue weighted by Crippen LogP contribution is -2.33. The zero-order chi connectivity index (χ0) is 17.3. The second-order valence-corrected chi connectivity index (χ2v) is 7.32. The van der Waals surface area contributed by atoms with Crippen LogP contribution in [0.15, 0.2) is 18.2 Å². The van der Waals surface area contributed by atoms with Gasteiger partial charge in [0.05, 0.1) is 16.1 Å². The van der Waals surface area contributed by atoms with Gasteiger partial charge in [-0.2, -0.15) is 0 Å². The highest BCUT2D eigenvalue weighted by Crippen LogP contribution is 2.43. The molecule has 1 amide bonds. The Labute approximate surface area is 141 Å². The number of carboxylic acid groups (broad SMARTS) is 1. The van der Waals surface area contributed by atoms with Gasteiger partial charge in [0.2, 0.25) is 0 Å². The standard InChI is InChI=1S/C17H22ClNO4/c1-16(2,3)23-15(22)19-13-10-11(6-7-12(13)18)17(14(20)21)8-4-5-9-17/h6-7,10H,4-5,8-9H2,1-3H3,(H,19,22)(H,20,21). The number of nitrogens with one attached hydrogen (secondary N) is 1. The molecule has 1 aliphatic rings. The number of hydrogen-bond acceptors (Lipinski definition) is 3. The van der Waals surface area contributed by atoms with Gasteiger partial charge < -0.3 is 9.84 Å². The molecule has 2 rings (SSSR count). The Bertz CT molecular complexity index is 616. The summed E-state index contributed by atoms with van der Waals surface area (Å²) in [7, 11) is 0. The monoisotopic (exact) mass is 339 g/mol. The van der Waals surface area contributed by atoms with Gasteiger partial charge in [0.1, 0.15) is 5.60 Å². The number of anilines is 1. The fourth-order valence-corrected chi connectivity index (χ4v) is 3.10. The van der Waals surface area contributed by atoms with E-state index in [-0.39, 0.29) is 0 Å². The number of carbonyl (C=O) groups is 2. The molecule has 0 aliphatic heterocycles. The van der Waals surface area contributed by atoms with Crippen LogP contribution in [0.2, 0.25) is 5.02 Å². The Morgan fingerprint density at radius 1 is 1.26 bits per heavy atom. The van der Waals surface area contributed by atoms with Crippen molar-refractivity contribution in [3.05, 3.63) is 28.8 Å². The maximum absolute atomic E-state index is 11.9. The van der Waals surface area contributed by atoms with Crippen molar-refractivity contribution in [3.63, 3.8) is 0 Å². The first-order valence-corrected chi connectivity index (χ1v) is 8.05. The first kappa shape index (κ1) is 17.6. The van der Waals surface area contributed by atoms with Gasteiger partial charge >= 0.3 is 12.1 Å². The molecule has 0 radical (unpaired) electrons. The maximum atomic E-state index is 11.9. The van der Waals surface area contributed by atoms with Gasteiger partial charge in [-0.3, -0.25) is 10.1 Å². The van der Waals surface area contributed by atoms with Crippen LogP contribution in [0.4, 0.5) is 10.5 Å². The number of rotatable bonds is 3. The van der Waals surface area contributed by atoms with E-state index in [1.54, 1.807) is 39.0 Å². The summed E-state index contributed by atoms with van der Waals surface area (Å²) in [4.78, 5) is 23.7. The van der Waals surface area contributed by atoms with Gasteiger partial charge in [0.25, 0.3) is 0 Å². The highest BCUT2D eigenvalue weighted by atomic mass is 35.5. The molecular formula is C17H22ClNO4. The molecule has 0 spiro atoms. The van der Waals surface area contributed by atoms with E-state index in [1.807, 2.05) is 0 Å². The Balaban J connectivity index is 2.29. The zero-order valence-electron chi connectivity index (χ0n) is 13.6. The third-order valence-electron chi connectivity index (χ3n) is 4.02. The van der Waals surface area contributed by atoms with Crippen LogP contribution in [0.3, 0.4) is 0 Å². The zero-order valence-corrected chi connectivity index (χ0v) is 14.4. The summed E-state index contributed by atoms with van der Waals surface area (Å²) in [6, 6.07) is 4.99. The summed E-state index contributed by atoms with van der Waals surface area (Å²) < 4.78 is 5.21. The van der Waals surface area contributed by atoms with Crippen molar-refractivity contribution < 1.29 is 19.4 Å². The summed E-state index contributed by atoms with van der Waals surface area (Å²) in [5.41, 5.74) is -0.486. The average Bonchev–Trinajstić information content (AvgIpc) is 2.89. The van der Waals surface area contributed by atoms with Crippen molar-refractivity contribution >= 4 is 29.4 Å². The summed E-state index contributed by atoms with van der Waals surface area (Å²) in [5.74, 6) is -0.833. The van der Waals surface area contributed by atoms with Crippen LogP contribution in [0.1, 0.15) is 52.0 Å². The number of aliphatic carboxylic acids is 1. The lowest BCUT2D eigenvalue weighted by atomic mass is 9.79. The normalized spacial score (nSPS) is 16.9. The summed E-state index contributed by atoms with van der Waals surface area (Å²) in [5, 5.41) is 12.6. The van der Waals surface area contributed by atoms with Gasteiger partial charge in [-0.05, 0) is 51.3 Å². The first-order chi connectivity index (χ1) is 10.6. The molecular weight excluding hydrogens is 318 g/mol. The molecule has 23 heavy (non-hydrogen) atoms. The highest BCUT2D eigenvalue weighted by Gasteiger charge is 2.43. The second-order valence-electron chi connectivity index (χ2n) is 6.92. The van der Waals surface area contributed by atoms with E-state index in [9.17, 15) is 14.7 Å². The number of ether oxygens (including phenoxy) is 1. The molecule has 0 bridgehead atoms. The molecule has 126 valence electrons. The van der Waals surface area contributed by atoms with Crippen molar-refractivity contribution in [2.75, 3.05) is 5.32 Å². The average molecular weight is 340 g/mol. The molecule has 1 aromatic carbocycles. The summed E-state index contributed by atoms with van der Waals surface area (Å²) in [6.45, 7) is 5.30. The lowest BCUT2D eigenvalue weighted by Gasteiger charge is -2.25. The van der Waals surface area contributed by atoms with Crippen LogP contribution in [0, 0.1) is 0 Å². The van der Waals surface area contributed by atoms with E-state index < -0.39 is 23.1 Å². The maximum Gasteiger partial charge on any atom is 0.412 e. The van der Waals surface area contributed by atoms with Crippen LogP contribution in [-0.2, 0) is 14.9 Å². The number of benzene rings is 1. The molecule has 0 heterocycles.